The Morgan fingerprint density at radius 3 is 2.33 bits per heavy atom. The van der Waals surface area contributed by atoms with Crippen LogP contribution in [0.4, 0.5) is 0 Å². The van der Waals surface area contributed by atoms with Gasteiger partial charge in [-0.2, -0.15) is 0 Å². The molecule has 0 aliphatic heterocycles. The molecule has 0 radical (unpaired) electrons. The Morgan fingerprint density at radius 1 is 0.778 bits per heavy atom. The lowest BCUT2D eigenvalue weighted by Gasteiger charge is -2.10. The molecule has 0 aliphatic carbocycles. The smallest absolute Gasteiger partial charge is 0.344 e. The van der Waals surface area contributed by atoms with Crippen molar-refractivity contribution in [1.29, 1.82) is 0 Å². The van der Waals surface area contributed by atoms with Gasteiger partial charge < -0.3 is 14.2 Å². The summed E-state index contributed by atoms with van der Waals surface area (Å²) in [5, 5.41) is 0. The van der Waals surface area contributed by atoms with Crippen molar-refractivity contribution in [2.75, 3.05) is 6.61 Å². The highest BCUT2D eigenvalue weighted by Gasteiger charge is 2.07. The highest BCUT2D eigenvalue weighted by molar-refractivity contribution is 5.71. The van der Waals surface area contributed by atoms with Crippen molar-refractivity contribution < 1.29 is 19.0 Å². The highest BCUT2D eigenvalue weighted by atomic mass is 16.6. The third kappa shape index (κ3) is 5.61. The molecule has 3 rings (SSSR count). The largest absolute Gasteiger partial charge is 0.482 e. The lowest BCUT2D eigenvalue weighted by Crippen LogP contribution is -2.14. The van der Waals surface area contributed by atoms with Crippen molar-refractivity contribution >= 4 is 5.97 Å². The van der Waals surface area contributed by atoms with E-state index in [0.29, 0.717) is 11.5 Å². The summed E-state index contributed by atoms with van der Waals surface area (Å²) in [5.74, 6) is 1.70. The van der Waals surface area contributed by atoms with Crippen molar-refractivity contribution in [3.05, 3.63) is 89.5 Å². The zero-order valence-corrected chi connectivity index (χ0v) is 15.5. The molecular formula is C23H22O4. The van der Waals surface area contributed by atoms with Gasteiger partial charge in [0.05, 0.1) is 0 Å². The van der Waals surface area contributed by atoms with Crippen LogP contribution in [0.1, 0.15) is 16.7 Å². The third-order valence-electron chi connectivity index (χ3n) is 4.11. The molecule has 0 amide bonds. The number of aryl methyl sites for hydroxylation is 2. The first-order chi connectivity index (χ1) is 13.1. The van der Waals surface area contributed by atoms with Crippen LogP contribution in [-0.2, 0) is 16.1 Å². The quantitative estimate of drug-likeness (QED) is 0.541. The van der Waals surface area contributed by atoms with Gasteiger partial charge in [0, 0.05) is 0 Å². The third-order valence-corrected chi connectivity index (χ3v) is 4.11. The highest BCUT2D eigenvalue weighted by Crippen LogP contribution is 2.22. The van der Waals surface area contributed by atoms with E-state index in [4.69, 9.17) is 14.2 Å². The first-order valence-electron chi connectivity index (χ1n) is 8.78. The van der Waals surface area contributed by atoms with E-state index >= 15 is 0 Å². The van der Waals surface area contributed by atoms with Crippen molar-refractivity contribution in [2.45, 2.75) is 20.5 Å². The van der Waals surface area contributed by atoms with Gasteiger partial charge in [0.25, 0.3) is 0 Å². The van der Waals surface area contributed by atoms with Crippen molar-refractivity contribution in [3.8, 4) is 17.2 Å². The van der Waals surface area contributed by atoms with Crippen LogP contribution in [0.5, 0.6) is 17.2 Å². The van der Waals surface area contributed by atoms with E-state index < -0.39 is 5.97 Å². The number of ether oxygens (including phenoxy) is 3. The summed E-state index contributed by atoms with van der Waals surface area (Å²) in [7, 11) is 0. The van der Waals surface area contributed by atoms with Gasteiger partial charge in [0.1, 0.15) is 23.9 Å². The van der Waals surface area contributed by atoms with Gasteiger partial charge in [0.15, 0.2) is 6.61 Å². The summed E-state index contributed by atoms with van der Waals surface area (Å²) < 4.78 is 16.6. The molecule has 0 saturated carbocycles. The Hall–Kier alpha value is -3.27. The molecule has 0 aliphatic rings. The topological polar surface area (TPSA) is 44.8 Å². The predicted octanol–water partition coefficient (Wildman–Crippen LogP) is 5.22. The number of hydrogen-bond donors (Lipinski definition) is 0. The number of carbonyl (C=O) groups is 1. The average Bonchev–Trinajstić information content (AvgIpc) is 2.68. The summed E-state index contributed by atoms with van der Waals surface area (Å²) >= 11 is 0. The van der Waals surface area contributed by atoms with Crippen LogP contribution in [-0.4, -0.2) is 12.6 Å². The molecule has 138 valence electrons. The van der Waals surface area contributed by atoms with Crippen LogP contribution in [0.25, 0.3) is 0 Å². The molecule has 0 spiro atoms. The molecule has 0 heterocycles. The molecule has 0 bridgehead atoms. The molecule has 0 aromatic heterocycles. The monoisotopic (exact) mass is 362 g/mol. The molecule has 0 unspecified atom stereocenters. The summed E-state index contributed by atoms with van der Waals surface area (Å²) in [6, 6.07) is 22.7. The van der Waals surface area contributed by atoms with Crippen molar-refractivity contribution in [1.82, 2.24) is 0 Å². The molecule has 3 aromatic carbocycles. The second-order valence-corrected chi connectivity index (χ2v) is 6.26. The minimum absolute atomic E-state index is 0.122. The Kier molecular flexibility index (Phi) is 6.10. The van der Waals surface area contributed by atoms with Gasteiger partial charge in [-0.05, 0) is 66.9 Å². The van der Waals surface area contributed by atoms with E-state index in [-0.39, 0.29) is 13.2 Å². The fourth-order valence-corrected chi connectivity index (χ4v) is 2.47. The van der Waals surface area contributed by atoms with E-state index in [1.54, 1.807) is 0 Å². The van der Waals surface area contributed by atoms with Gasteiger partial charge >= 0.3 is 5.97 Å². The first kappa shape index (κ1) is 18.5. The lowest BCUT2D eigenvalue weighted by molar-refractivity contribution is -0.147. The number of carbonyl (C=O) groups excluding carboxylic acids is 1. The summed E-state index contributed by atoms with van der Waals surface area (Å²) in [6.45, 7) is 4.08. The Balaban J connectivity index is 1.49. The molecule has 0 fully saturated rings. The normalized spacial score (nSPS) is 10.3. The second kappa shape index (κ2) is 8.90. The molecule has 4 nitrogen and oxygen atoms in total. The Morgan fingerprint density at radius 2 is 1.56 bits per heavy atom. The van der Waals surface area contributed by atoms with Gasteiger partial charge in [-0.3, -0.25) is 0 Å². The van der Waals surface area contributed by atoms with Crippen molar-refractivity contribution in [2.24, 2.45) is 0 Å². The number of para-hydroxylation sites is 1. The fraction of sp³-hybridized carbons (Fsp3) is 0.174. The predicted molar refractivity (Wildman–Crippen MR) is 104 cm³/mol. The molecule has 0 atom stereocenters. The van der Waals surface area contributed by atoms with Crippen LogP contribution in [0.2, 0.25) is 0 Å². The van der Waals surface area contributed by atoms with E-state index in [0.717, 1.165) is 16.9 Å². The summed E-state index contributed by atoms with van der Waals surface area (Å²) in [6.07, 6.45) is 0. The number of benzene rings is 3. The first-order valence-corrected chi connectivity index (χ1v) is 8.78. The summed E-state index contributed by atoms with van der Waals surface area (Å²) in [4.78, 5) is 11.9. The summed E-state index contributed by atoms with van der Waals surface area (Å²) in [5.41, 5.74) is 3.15. The fourth-order valence-electron chi connectivity index (χ4n) is 2.47. The molecule has 0 saturated heterocycles. The van der Waals surface area contributed by atoms with Crippen LogP contribution >= 0.6 is 0 Å². The number of hydrogen-bond acceptors (Lipinski definition) is 4. The van der Waals surface area contributed by atoms with Gasteiger partial charge in [-0.15, -0.1) is 0 Å². The molecular weight excluding hydrogens is 340 g/mol. The number of esters is 1. The van der Waals surface area contributed by atoms with Crippen LogP contribution in [0, 0.1) is 13.8 Å². The maximum Gasteiger partial charge on any atom is 0.344 e. The standard InChI is InChI=1S/C23H22O4/c1-17-11-12-21(13-18(17)2)25-16-23(24)26-15-19-7-6-10-22(14-19)27-20-8-4-3-5-9-20/h3-14H,15-16H2,1-2H3. The molecule has 27 heavy (non-hydrogen) atoms. The van der Waals surface area contributed by atoms with E-state index in [9.17, 15) is 4.79 Å². The van der Waals surface area contributed by atoms with Gasteiger partial charge in [0.2, 0.25) is 0 Å². The maximum absolute atomic E-state index is 11.9. The lowest BCUT2D eigenvalue weighted by atomic mass is 10.1. The molecule has 0 N–H and O–H groups in total. The van der Waals surface area contributed by atoms with E-state index in [1.165, 1.54) is 5.56 Å². The van der Waals surface area contributed by atoms with Crippen LogP contribution in [0.15, 0.2) is 72.8 Å². The van der Waals surface area contributed by atoms with Crippen molar-refractivity contribution in [3.63, 3.8) is 0 Å². The van der Waals surface area contributed by atoms with Crippen LogP contribution < -0.4 is 9.47 Å². The molecule has 3 aromatic rings. The zero-order valence-electron chi connectivity index (χ0n) is 15.5. The zero-order chi connectivity index (χ0) is 19.1. The van der Waals surface area contributed by atoms with Gasteiger partial charge in [-0.1, -0.05) is 36.4 Å². The Labute approximate surface area is 159 Å². The average molecular weight is 362 g/mol. The Bertz CT molecular complexity index is 903. The van der Waals surface area contributed by atoms with E-state index in [2.05, 4.69) is 0 Å². The minimum Gasteiger partial charge on any atom is -0.482 e. The van der Waals surface area contributed by atoms with Crippen LogP contribution in [0.3, 0.4) is 0 Å². The number of rotatable bonds is 7. The van der Waals surface area contributed by atoms with E-state index in [1.807, 2.05) is 86.6 Å². The van der Waals surface area contributed by atoms with Gasteiger partial charge in [-0.25, -0.2) is 4.79 Å². The SMILES string of the molecule is Cc1ccc(OCC(=O)OCc2cccc(Oc3ccccc3)c2)cc1C. The molecule has 4 heteroatoms. The minimum atomic E-state index is -0.414. The second-order valence-electron chi connectivity index (χ2n) is 6.26. The maximum atomic E-state index is 11.9.